The minimum Gasteiger partial charge on any atom is -0.352 e. The summed E-state index contributed by atoms with van der Waals surface area (Å²) in [5.41, 5.74) is 1.13. The monoisotopic (exact) mass is 264 g/mol. The van der Waals surface area contributed by atoms with Crippen LogP contribution < -0.4 is 15.5 Å². The fourth-order valence-electron chi connectivity index (χ4n) is 1.81. The zero-order chi connectivity index (χ0) is 14.3. The molecule has 19 heavy (non-hydrogen) atoms. The third-order valence-electron chi connectivity index (χ3n) is 2.68. The lowest BCUT2D eigenvalue weighted by Crippen LogP contribution is -2.40. The molecule has 0 fully saturated rings. The van der Waals surface area contributed by atoms with Gasteiger partial charge in [-0.1, -0.05) is 6.07 Å². The van der Waals surface area contributed by atoms with Crippen molar-refractivity contribution < 1.29 is 4.79 Å². The molecule has 1 aromatic rings. The largest absolute Gasteiger partial charge is 0.352 e. The van der Waals surface area contributed by atoms with Gasteiger partial charge in [0.05, 0.1) is 6.54 Å². The lowest BCUT2D eigenvalue weighted by Gasteiger charge is -2.22. The number of anilines is 1. The first-order valence-electron chi connectivity index (χ1n) is 6.70. The van der Waals surface area contributed by atoms with Crippen molar-refractivity contribution in [2.75, 3.05) is 25.0 Å². The van der Waals surface area contributed by atoms with E-state index < -0.39 is 0 Å². The molecule has 1 rings (SSSR count). The van der Waals surface area contributed by atoms with Crippen LogP contribution in [0.25, 0.3) is 0 Å². The van der Waals surface area contributed by atoms with Crippen LogP contribution in [-0.4, -0.2) is 37.1 Å². The van der Waals surface area contributed by atoms with Crippen LogP contribution in [-0.2, 0) is 11.3 Å². The molecule has 0 spiro atoms. The molecule has 106 valence electrons. The van der Waals surface area contributed by atoms with E-state index >= 15 is 0 Å². The van der Waals surface area contributed by atoms with E-state index in [-0.39, 0.29) is 11.9 Å². The minimum absolute atomic E-state index is 0.0259. The summed E-state index contributed by atoms with van der Waals surface area (Å²) in [5.74, 6) is 0.860. The summed E-state index contributed by atoms with van der Waals surface area (Å²) in [6, 6.07) is 4.15. The number of hydrogen-bond donors (Lipinski definition) is 2. The Hall–Kier alpha value is -1.62. The molecule has 0 aliphatic heterocycles. The highest BCUT2D eigenvalue weighted by molar-refractivity contribution is 5.81. The molecule has 1 heterocycles. The van der Waals surface area contributed by atoms with E-state index in [1.54, 1.807) is 0 Å². The van der Waals surface area contributed by atoms with Gasteiger partial charge in [0.2, 0.25) is 5.91 Å². The van der Waals surface area contributed by atoms with Gasteiger partial charge in [-0.15, -0.1) is 0 Å². The summed E-state index contributed by atoms with van der Waals surface area (Å²) in [5, 5.41) is 5.97. The molecule has 0 unspecified atom stereocenters. The van der Waals surface area contributed by atoms with Gasteiger partial charge < -0.3 is 15.5 Å². The molecule has 1 aromatic heterocycles. The summed E-state index contributed by atoms with van der Waals surface area (Å²) in [6.07, 6.45) is 1.84. The standard InChI is InChI=1S/C14H24N4O/c1-5-18(10-14(19)17-11(2)3)13-7-6-12(8-15-4)9-16-13/h6-7,9,11,15H,5,8,10H2,1-4H3,(H,17,19). The smallest absolute Gasteiger partial charge is 0.239 e. The fourth-order valence-corrected chi connectivity index (χ4v) is 1.81. The Balaban J connectivity index is 2.66. The van der Waals surface area contributed by atoms with Gasteiger partial charge in [-0.25, -0.2) is 4.98 Å². The SMILES string of the molecule is CCN(CC(=O)NC(C)C)c1ccc(CNC)cn1. The number of carbonyl (C=O) groups is 1. The lowest BCUT2D eigenvalue weighted by atomic mass is 10.2. The predicted octanol–water partition coefficient (Wildman–Crippen LogP) is 1.15. The van der Waals surface area contributed by atoms with Crippen LogP contribution in [0.2, 0.25) is 0 Å². The summed E-state index contributed by atoms with van der Waals surface area (Å²) in [4.78, 5) is 18.1. The Morgan fingerprint density at radius 1 is 1.42 bits per heavy atom. The van der Waals surface area contributed by atoms with Crippen LogP contribution in [0.4, 0.5) is 5.82 Å². The van der Waals surface area contributed by atoms with Crippen molar-refractivity contribution in [2.24, 2.45) is 0 Å². The molecule has 2 N–H and O–H groups in total. The van der Waals surface area contributed by atoms with E-state index in [1.807, 2.05) is 51.0 Å². The molecule has 0 aliphatic rings. The van der Waals surface area contributed by atoms with Crippen molar-refractivity contribution in [3.63, 3.8) is 0 Å². The van der Waals surface area contributed by atoms with Gasteiger partial charge in [0, 0.05) is 25.3 Å². The molecule has 0 aliphatic carbocycles. The van der Waals surface area contributed by atoms with Crippen molar-refractivity contribution in [1.29, 1.82) is 0 Å². The van der Waals surface area contributed by atoms with Crippen molar-refractivity contribution in [3.8, 4) is 0 Å². The first-order chi connectivity index (χ1) is 9.06. The fraction of sp³-hybridized carbons (Fsp3) is 0.571. The van der Waals surface area contributed by atoms with Crippen LogP contribution in [0.3, 0.4) is 0 Å². The topological polar surface area (TPSA) is 57.3 Å². The highest BCUT2D eigenvalue weighted by Gasteiger charge is 2.11. The number of aromatic nitrogens is 1. The summed E-state index contributed by atoms with van der Waals surface area (Å²) < 4.78 is 0. The summed E-state index contributed by atoms with van der Waals surface area (Å²) in [6.45, 7) is 7.83. The molecule has 5 nitrogen and oxygen atoms in total. The maximum Gasteiger partial charge on any atom is 0.239 e. The van der Waals surface area contributed by atoms with Crippen molar-refractivity contribution in [3.05, 3.63) is 23.9 Å². The number of amides is 1. The van der Waals surface area contributed by atoms with Crippen LogP contribution in [0, 0.1) is 0 Å². The number of nitrogens with zero attached hydrogens (tertiary/aromatic N) is 2. The Bertz CT molecular complexity index is 389. The van der Waals surface area contributed by atoms with Crippen LogP contribution >= 0.6 is 0 Å². The van der Waals surface area contributed by atoms with Crippen molar-refractivity contribution in [1.82, 2.24) is 15.6 Å². The zero-order valence-corrected chi connectivity index (χ0v) is 12.2. The van der Waals surface area contributed by atoms with Crippen LogP contribution in [0.5, 0.6) is 0 Å². The van der Waals surface area contributed by atoms with Gasteiger partial charge >= 0.3 is 0 Å². The number of nitrogens with one attached hydrogen (secondary N) is 2. The molecule has 0 aromatic carbocycles. The quantitative estimate of drug-likeness (QED) is 0.776. The predicted molar refractivity (Wildman–Crippen MR) is 78.2 cm³/mol. The van der Waals surface area contributed by atoms with Gasteiger partial charge in [-0.3, -0.25) is 4.79 Å². The molecule has 0 radical (unpaired) electrons. The van der Waals surface area contributed by atoms with Gasteiger partial charge in [0.15, 0.2) is 0 Å². The first kappa shape index (κ1) is 15.4. The molecule has 1 amide bonds. The Labute approximate surface area is 115 Å². The maximum absolute atomic E-state index is 11.8. The number of pyridine rings is 1. The van der Waals surface area contributed by atoms with E-state index in [0.717, 1.165) is 24.5 Å². The zero-order valence-electron chi connectivity index (χ0n) is 12.2. The average Bonchev–Trinajstić information content (AvgIpc) is 2.36. The number of rotatable bonds is 7. The van der Waals surface area contributed by atoms with Crippen molar-refractivity contribution >= 4 is 11.7 Å². The minimum atomic E-state index is 0.0259. The van der Waals surface area contributed by atoms with E-state index in [0.29, 0.717) is 6.54 Å². The van der Waals surface area contributed by atoms with E-state index in [9.17, 15) is 4.79 Å². The van der Waals surface area contributed by atoms with Gasteiger partial charge in [0.1, 0.15) is 5.82 Å². The van der Waals surface area contributed by atoms with Crippen molar-refractivity contribution in [2.45, 2.75) is 33.4 Å². The third kappa shape index (κ3) is 5.26. The molecule has 5 heteroatoms. The molecular weight excluding hydrogens is 240 g/mol. The lowest BCUT2D eigenvalue weighted by molar-refractivity contribution is -0.120. The molecule has 0 saturated heterocycles. The molecule has 0 saturated carbocycles. The maximum atomic E-state index is 11.8. The first-order valence-corrected chi connectivity index (χ1v) is 6.70. The summed E-state index contributed by atoms with van der Waals surface area (Å²) >= 11 is 0. The second-order valence-corrected chi connectivity index (χ2v) is 4.79. The van der Waals surface area contributed by atoms with Gasteiger partial charge in [0.25, 0.3) is 0 Å². The second-order valence-electron chi connectivity index (χ2n) is 4.79. The van der Waals surface area contributed by atoms with Gasteiger partial charge in [-0.2, -0.15) is 0 Å². The molecule has 0 atom stereocenters. The highest BCUT2D eigenvalue weighted by atomic mass is 16.2. The number of likely N-dealkylation sites (N-methyl/N-ethyl adjacent to an activating group) is 1. The van der Waals surface area contributed by atoms with Crippen LogP contribution in [0.1, 0.15) is 26.3 Å². The normalized spacial score (nSPS) is 10.6. The van der Waals surface area contributed by atoms with Gasteiger partial charge in [-0.05, 0) is 39.4 Å². The molecule has 0 bridgehead atoms. The second kappa shape index (κ2) is 7.74. The number of carbonyl (C=O) groups excluding carboxylic acids is 1. The molecular formula is C14H24N4O. The van der Waals surface area contributed by atoms with Crippen LogP contribution in [0.15, 0.2) is 18.3 Å². The Kier molecular flexibility index (Phi) is 6.29. The average molecular weight is 264 g/mol. The van der Waals surface area contributed by atoms with E-state index in [1.165, 1.54) is 0 Å². The third-order valence-corrected chi connectivity index (χ3v) is 2.68. The number of hydrogen-bond acceptors (Lipinski definition) is 4. The summed E-state index contributed by atoms with van der Waals surface area (Å²) in [7, 11) is 1.91. The Morgan fingerprint density at radius 2 is 2.16 bits per heavy atom. The van der Waals surface area contributed by atoms with E-state index in [2.05, 4.69) is 15.6 Å². The highest BCUT2D eigenvalue weighted by Crippen LogP contribution is 2.10. The van der Waals surface area contributed by atoms with E-state index in [4.69, 9.17) is 0 Å². The Morgan fingerprint density at radius 3 is 2.63 bits per heavy atom.